The summed E-state index contributed by atoms with van der Waals surface area (Å²) in [5.41, 5.74) is 1.58. The van der Waals surface area contributed by atoms with E-state index in [1.54, 1.807) is 5.54 Å². The van der Waals surface area contributed by atoms with Gasteiger partial charge in [0.1, 0.15) is 0 Å². The summed E-state index contributed by atoms with van der Waals surface area (Å²) in [5.74, 6) is 1.79. The van der Waals surface area contributed by atoms with Gasteiger partial charge in [-0.05, 0) is 24.8 Å². The van der Waals surface area contributed by atoms with E-state index in [0.29, 0.717) is 0 Å². The van der Waals surface area contributed by atoms with Crippen LogP contribution in [0.15, 0.2) is 11.6 Å². The van der Waals surface area contributed by atoms with Crippen molar-refractivity contribution in [3.05, 3.63) is 11.6 Å². The van der Waals surface area contributed by atoms with Crippen LogP contribution in [0.25, 0.3) is 0 Å². The second-order valence-corrected chi connectivity index (χ2v) is 4.29. The molecule has 1 aliphatic rings. The van der Waals surface area contributed by atoms with Crippen LogP contribution in [-0.4, -0.2) is 13.1 Å². The normalized spacial score (nSPS) is 29.7. The first-order chi connectivity index (χ1) is 6.34. The fourth-order valence-electron chi connectivity index (χ4n) is 2.09. The zero-order valence-electron chi connectivity index (χ0n) is 8.43. The highest BCUT2D eigenvalue weighted by Gasteiger charge is 2.20. The summed E-state index contributed by atoms with van der Waals surface area (Å²) in [6.07, 6.45) is 7.62. The molecule has 0 aromatic carbocycles. The van der Waals surface area contributed by atoms with Crippen molar-refractivity contribution >= 4 is 11.6 Å². The summed E-state index contributed by atoms with van der Waals surface area (Å²) in [7, 11) is 0. The molecule has 0 amide bonds. The number of nitrogens with one attached hydrogen (secondary N) is 1. The lowest BCUT2D eigenvalue weighted by Crippen LogP contribution is -2.29. The molecular formula is C11H20ClN. The van der Waals surface area contributed by atoms with Crippen LogP contribution in [0, 0.1) is 11.8 Å². The van der Waals surface area contributed by atoms with Gasteiger partial charge >= 0.3 is 0 Å². The first-order valence-electron chi connectivity index (χ1n) is 5.30. The molecule has 1 saturated carbocycles. The molecule has 0 aliphatic heterocycles. The average Bonchev–Trinajstić information content (AvgIpc) is 2.15. The van der Waals surface area contributed by atoms with Gasteiger partial charge in [0.25, 0.3) is 0 Å². The molecule has 1 aliphatic carbocycles. The predicted molar refractivity (Wildman–Crippen MR) is 59.0 cm³/mol. The van der Waals surface area contributed by atoms with Crippen molar-refractivity contribution in [1.29, 1.82) is 0 Å². The lowest BCUT2D eigenvalue weighted by Gasteiger charge is -2.28. The van der Waals surface area contributed by atoms with Gasteiger partial charge in [-0.2, -0.15) is 0 Å². The third kappa shape index (κ3) is 4.15. The van der Waals surface area contributed by atoms with Crippen molar-refractivity contribution in [3.8, 4) is 0 Å². The molecule has 0 saturated heterocycles. The molecule has 0 spiro atoms. The zero-order valence-corrected chi connectivity index (χ0v) is 9.19. The maximum Gasteiger partial charge on any atom is 0.0146 e. The summed E-state index contributed by atoms with van der Waals surface area (Å²) in [4.78, 5) is 0. The van der Waals surface area contributed by atoms with Crippen molar-refractivity contribution in [1.82, 2.24) is 5.32 Å². The Labute approximate surface area is 86.5 Å². The number of hydrogen-bond acceptors (Lipinski definition) is 1. The third-order valence-electron chi connectivity index (χ3n) is 3.05. The van der Waals surface area contributed by atoms with E-state index < -0.39 is 0 Å². The van der Waals surface area contributed by atoms with Crippen LogP contribution in [-0.2, 0) is 0 Å². The van der Waals surface area contributed by atoms with E-state index in [0.717, 1.165) is 24.9 Å². The molecule has 0 bridgehead atoms. The van der Waals surface area contributed by atoms with Crippen molar-refractivity contribution in [2.24, 2.45) is 11.8 Å². The van der Waals surface area contributed by atoms with Crippen LogP contribution in [0.3, 0.4) is 0 Å². The number of hydrogen-bond donors (Lipinski definition) is 1. The molecule has 1 N–H and O–H groups in total. The molecule has 0 aromatic heterocycles. The minimum atomic E-state index is 0.887. The summed E-state index contributed by atoms with van der Waals surface area (Å²) in [6, 6.07) is 0. The van der Waals surface area contributed by atoms with Gasteiger partial charge in [-0.25, -0.2) is 0 Å². The van der Waals surface area contributed by atoms with E-state index >= 15 is 0 Å². The molecule has 1 fully saturated rings. The average molecular weight is 202 g/mol. The Morgan fingerprint density at radius 3 is 2.85 bits per heavy atom. The van der Waals surface area contributed by atoms with Gasteiger partial charge in [0.2, 0.25) is 0 Å². The fourth-order valence-corrected chi connectivity index (χ4v) is 2.18. The van der Waals surface area contributed by atoms with Crippen molar-refractivity contribution in [2.75, 3.05) is 13.1 Å². The zero-order chi connectivity index (χ0) is 9.52. The summed E-state index contributed by atoms with van der Waals surface area (Å²) in [5, 5.41) is 3.42. The Hall–Kier alpha value is -0.0100. The van der Waals surface area contributed by atoms with Gasteiger partial charge in [0, 0.05) is 12.1 Å². The van der Waals surface area contributed by atoms with Gasteiger partial charge in [-0.3, -0.25) is 0 Å². The first-order valence-corrected chi connectivity index (χ1v) is 5.74. The molecule has 2 unspecified atom stereocenters. The predicted octanol–water partition coefficient (Wildman–Crippen LogP) is 3.15. The lowest BCUT2D eigenvalue weighted by molar-refractivity contribution is 0.250. The molecular weight excluding hydrogens is 182 g/mol. The molecule has 2 heteroatoms. The quantitative estimate of drug-likeness (QED) is 0.690. The second kappa shape index (κ2) is 6.44. The van der Waals surface area contributed by atoms with Crippen LogP contribution in [0.1, 0.15) is 32.6 Å². The summed E-state index contributed by atoms with van der Waals surface area (Å²) < 4.78 is 0. The fraction of sp³-hybridized carbons (Fsp3) is 0.818. The highest BCUT2D eigenvalue weighted by molar-refractivity contribution is 6.25. The number of rotatable bonds is 4. The van der Waals surface area contributed by atoms with E-state index in [1.165, 1.54) is 25.7 Å². The monoisotopic (exact) mass is 201 g/mol. The van der Waals surface area contributed by atoms with Crippen LogP contribution < -0.4 is 5.32 Å². The van der Waals surface area contributed by atoms with Crippen molar-refractivity contribution < 1.29 is 0 Å². The Morgan fingerprint density at radius 2 is 2.15 bits per heavy atom. The Kier molecular flexibility index (Phi) is 5.49. The smallest absolute Gasteiger partial charge is 0.0146 e. The van der Waals surface area contributed by atoms with Crippen LogP contribution in [0.5, 0.6) is 0 Å². The number of halogens is 1. The van der Waals surface area contributed by atoms with E-state index in [9.17, 15) is 0 Å². The highest BCUT2D eigenvalue weighted by Crippen LogP contribution is 2.28. The van der Waals surface area contributed by atoms with Crippen molar-refractivity contribution in [3.63, 3.8) is 0 Å². The minimum absolute atomic E-state index is 0.887. The molecule has 1 rings (SSSR count). The van der Waals surface area contributed by atoms with E-state index in [-0.39, 0.29) is 0 Å². The second-order valence-electron chi connectivity index (χ2n) is 4.04. The molecule has 2 atom stereocenters. The molecule has 0 heterocycles. The van der Waals surface area contributed by atoms with E-state index in [1.807, 2.05) is 6.08 Å². The molecule has 0 radical (unpaired) electrons. The highest BCUT2D eigenvalue weighted by atomic mass is 35.5. The maximum absolute atomic E-state index is 5.43. The Bertz CT molecular complexity index is 156. The van der Waals surface area contributed by atoms with Crippen LogP contribution in [0.2, 0.25) is 0 Å². The summed E-state index contributed by atoms with van der Waals surface area (Å²) in [6.45, 7) is 4.44. The molecule has 13 heavy (non-hydrogen) atoms. The van der Waals surface area contributed by atoms with Crippen LogP contribution in [0.4, 0.5) is 0 Å². The van der Waals surface area contributed by atoms with Gasteiger partial charge in [-0.1, -0.05) is 43.9 Å². The molecule has 1 nitrogen and oxygen atoms in total. The topological polar surface area (TPSA) is 12.0 Å². The first kappa shape index (κ1) is 11.1. The third-order valence-corrected chi connectivity index (χ3v) is 3.23. The van der Waals surface area contributed by atoms with Gasteiger partial charge in [0.05, 0.1) is 0 Å². The summed E-state index contributed by atoms with van der Waals surface area (Å²) >= 11 is 5.43. The van der Waals surface area contributed by atoms with Gasteiger partial charge in [-0.15, -0.1) is 0 Å². The molecule has 0 aromatic rings. The Morgan fingerprint density at radius 1 is 1.38 bits per heavy atom. The van der Waals surface area contributed by atoms with E-state index in [2.05, 4.69) is 12.2 Å². The lowest BCUT2D eigenvalue weighted by atomic mass is 9.80. The van der Waals surface area contributed by atoms with Gasteiger partial charge in [0.15, 0.2) is 0 Å². The molecule has 76 valence electrons. The van der Waals surface area contributed by atoms with Crippen LogP contribution >= 0.6 is 11.6 Å². The standard InChI is InChI=1S/C11H20ClN/c1-10-5-2-3-6-11(10)9-13-8-4-7-12/h4,7,10-11,13H,2-3,5-6,8-9H2,1H3/b7-4+. The van der Waals surface area contributed by atoms with E-state index in [4.69, 9.17) is 11.6 Å². The largest absolute Gasteiger partial charge is 0.313 e. The minimum Gasteiger partial charge on any atom is -0.313 e. The van der Waals surface area contributed by atoms with Crippen molar-refractivity contribution in [2.45, 2.75) is 32.6 Å². The van der Waals surface area contributed by atoms with Gasteiger partial charge < -0.3 is 5.32 Å². The Balaban J connectivity index is 2.11. The maximum atomic E-state index is 5.43. The SMILES string of the molecule is CC1CCCCC1CNC/C=C/Cl.